The molecule has 0 aliphatic carbocycles. The van der Waals surface area contributed by atoms with E-state index >= 15 is 0 Å². The molecule has 0 aromatic rings. The third-order valence-corrected chi connectivity index (χ3v) is 3.60. The Labute approximate surface area is 139 Å². The molecule has 2 fully saturated rings. The fourth-order valence-electron chi connectivity index (χ4n) is 2.55. The summed E-state index contributed by atoms with van der Waals surface area (Å²) in [6.45, 7) is 6.47. The van der Waals surface area contributed by atoms with Crippen LogP contribution >= 0.6 is 24.0 Å². The first kappa shape index (κ1) is 18.0. The highest BCUT2D eigenvalue weighted by atomic mass is 127. The van der Waals surface area contributed by atoms with Gasteiger partial charge in [-0.3, -0.25) is 4.99 Å². The van der Waals surface area contributed by atoms with Gasteiger partial charge < -0.3 is 20.1 Å². The van der Waals surface area contributed by atoms with Gasteiger partial charge in [0.2, 0.25) is 0 Å². The van der Waals surface area contributed by atoms with Crippen molar-refractivity contribution in [2.45, 2.75) is 51.2 Å². The molecule has 2 N–H and O–H groups in total. The van der Waals surface area contributed by atoms with Gasteiger partial charge in [0.15, 0.2) is 5.96 Å². The van der Waals surface area contributed by atoms with Crippen LogP contribution < -0.4 is 10.6 Å². The number of nitrogens with one attached hydrogen (secondary N) is 2. The number of rotatable bonds is 6. The Hall–Kier alpha value is -0.0800. The quantitative estimate of drug-likeness (QED) is 0.409. The predicted octanol–water partition coefficient (Wildman–Crippen LogP) is 1.91. The number of halogens is 1. The second kappa shape index (κ2) is 10.6. The zero-order valence-corrected chi connectivity index (χ0v) is 14.7. The van der Waals surface area contributed by atoms with Gasteiger partial charge in [-0.1, -0.05) is 0 Å². The van der Waals surface area contributed by atoms with Crippen molar-refractivity contribution in [2.24, 2.45) is 4.99 Å². The fraction of sp³-hybridized carbons (Fsp3) is 0.929. The van der Waals surface area contributed by atoms with Crippen molar-refractivity contribution in [3.8, 4) is 0 Å². The summed E-state index contributed by atoms with van der Waals surface area (Å²) in [4.78, 5) is 4.59. The van der Waals surface area contributed by atoms with E-state index in [1.807, 2.05) is 0 Å². The van der Waals surface area contributed by atoms with Crippen molar-refractivity contribution in [3.63, 3.8) is 0 Å². The van der Waals surface area contributed by atoms with E-state index in [9.17, 15) is 0 Å². The lowest BCUT2D eigenvalue weighted by atomic mass is 10.2. The molecule has 2 atom stereocenters. The number of nitrogens with zero attached hydrogens (tertiary/aromatic N) is 1. The third kappa shape index (κ3) is 6.58. The van der Waals surface area contributed by atoms with E-state index in [0.717, 1.165) is 51.6 Å². The van der Waals surface area contributed by atoms with Crippen molar-refractivity contribution in [1.82, 2.24) is 10.6 Å². The Balaban J connectivity index is 0.00000200. The molecule has 2 aliphatic rings. The lowest BCUT2D eigenvalue weighted by Gasteiger charge is -2.14. The first-order valence-corrected chi connectivity index (χ1v) is 7.64. The fourth-order valence-corrected chi connectivity index (χ4v) is 2.55. The molecular formula is C14H28IN3O2. The van der Waals surface area contributed by atoms with E-state index in [1.165, 1.54) is 19.3 Å². The molecule has 2 aliphatic heterocycles. The van der Waals surface area contributed by atoms with Crippen LogP contribution in [0.3, 0.4) is 0 Å². The van der Waals surface area contributed by atoms with E-state index in [-0.39, 0.29) is 24.0 Å². The predicted molar refractivity (Wildman–Crippen MR) is 92.0 cm³/mol. The summed E-state index contributed by atoms with van der Waals surface area (Å²) in [5, 5.41) is 6.65. The van der Waals surface area contributed by atoms with Crippen molar-refractivity contribution >= 4 is 29.9 Å². The van der Waals surface area contributed by atoms with Crippen molar-refractivity contribution in [1.29, 1.82) is 0 Å². The average Bonchev–Trinajstić information content (AvgIpc) is 3.09. The van der Waals surface area contributed by atoms with E-state index in [0.29, 0.717) is 12.2 Å². The summed E-state index contributed by atoms with van der Waals surface area (Å²) in [6.07, 6.45) is 6.53. The molecule has 6 heteroatoms. The first-order valence-electron chi connectivity index (χ1n) is 7.64. The van der Waals surface area contributed by atoms with Gasteiger partial charge in [-0.25, -0.2) is 0 Å². The Morgan fingerprint density at radius 1 is 1.10 bits per heavy atom. The largest absolute Gasteiger partial charge is 0.378 e. The second-order valence-electron chi connectivity index (χ2n) is 5.21. The SMILES string of the molecule is CCNC(=NCC1CCCO1)NCCC1CCCO1.I. The van der Waals surface area contributed by atoms with Crippen LogP contribution in [0.2, 0.25) is 0 Å². The molecule has 2 heterocycles. The lowest BCUT2D eigenvalue weighted by Crippen LogP contribution is -2.39. The molecule has 5 nitrogen and oxygen atoms in total. The Morgan fingerprint density at radius 3 is 2.40 bits per heavy atom. The monoisotopic (exact) mass is 397 g/mol. The summed E-state index contributed by atoms with van der Waals surface area (Å²) >= 11 is 0. The van der Waals surface area contributed by atoms with Crippen molar-refractivity contribution < 1.29 is 9.47 Å². The zero-order chi connectivity index (χ0) is 13.3. The van der Waals surface area contributed by atoms with Crippen LogP contribution in [0.25, 0.3) is 0 Å². The lowest BCUT2D eigenvalue weighted by molar-refractivity contribution is 0.105. The maximum Gasteiger partial charge on any atom is 0.191 e. The van der Waals surface area contributed by atoms with E-state index in [2.05, 4.69) is 22.5 Å². The minimum atomic E-state index is 0. The van der Waals surface area contributed by atoms with Crippen LogP contribution in [-0.4, -0.2) is 51.0 Å². The molecule has 2 unspecified atom stereocenters. The van der Waals surface area contributed by atoms with Gasteiger partial charge >= 0.3 is 0 Å². The van der Waals surface area contributed by atoms with Gasteiger partial charge in [0.25, 0.3) is 0 Å². The minimum absolute atomic E-state index is 0. The number of ether oxygens (including phenoxy) is 2. The molecule has 0 spiro atoms. The Bertz CT molecular complexity index is 278. The molecule has 0 saturated carbocycles. The topological polar surface area (TPSA) is 54.9 Å². The maximum atomic E-state index is 5.62. The summed E-state index contributed by atoms with van der Waals surface area (Å²) < 4.78 is 11.2. The standard InChI is InChI=1S/C14H27N3O2.HI/c1-2-15-14(17-11-13-6-4-10-19-13)16-8-7-12-5-3-9-18-12;/h12-13H,2-11H2,1H3,(H2,15,16,17);1H. The van der Waals surface area contributed by atoms with Gasteiger partial charge in [-0.2, -0.15) is 0 Å². The summed E-state index contributed by atoms with van der Waals surface area (Å²) in [7, 11) is 0. The molecular weight excluding hydrogens is 369 g/mol. The van der Waals surface area contributed by atoms with Gasteiger partial charge in [0.1, 0.15) is 0 Å². The minimum Gasteiger partial charge on any atom is -0.378 e. The van der Waals surface area contributed by atoms with Crippen LogP contribution in [0.4, 0.5) is 0 Å². The summed E-state index contributed by atoms with van der Waals surface area (Å²) in [5.41, 5.74) is 0. The average molecular weight is 397 g/mol. The van der Waals surface area contributed by atoms with E-state index in [1.54, 1.807) is 0 Å². The molecule has 2 saturated heterocycles. The Morgan fingerprint density at radius 2 is 1.80 bits per heavy atom. The summed E-state index contributed by atoms with van der Waals surface area (Å²) in [6, 6.07) is 0. The molecule has 0 aromatic heterocycles. The number of guanidine groups is 1. The van der Waals surface area contributed by atoms with E-state index in [4.69, 9.17) is 9.47 Å². The molecule has 0 amide bonds. The van der Waals surface area contributed by atoms with Crippen LogP contribution in [0.15, 0.2) is 4.99 Å². The van der Waals surface area contributed by atoms with Gasteiger partial charge in [-0.15, -0.1) is 24.0 Å². The van der Waals surface area contributed by atoms with Crippen molar-refractivity contribution in [2.75, 3.05) is 32.8 Å². The maximum absolute atomic E-state index is 5.62. The molecule has 0 radical (unpaired) electrons. The smallest absolute Gasteiger partial charge is 0.191 e. The molecule has 20 heavy (non-hydrogen) atoms. The first-order chi connectivity index (χ1) is 9.38. The normalized spacial score (nSPS) is 26.4. The number of aliphatic imine (C=N–C) groups is 1. The molecule has 2 rings (SSSR count). The summed E-state index contributed by atoms with van der Waals surface area (Å²) in [5.74, 6) is 0.899. The molecule has 0 bridgehead atoms. The zero-order valence-electron chi connectivity index (χ0n) is 12.4. The highest BCUT2D eigenvalue weighted by molar-refractivity contribution is 14.0. The number of hydrogen-bond acceptors (Lipinski definition) is 3. The van der Waals surface area contributed by atoms with Gasteiger partial charge in [-0.05, 0) is 39.0 Å². The Kier molecular flexibility index (Phi) is 9.54. The van der Waals surface area contributed by atoms with Gasteiger partial charge in [0.05, 0.1) is 18.8 Å². The van der Waals surface area contributed by atoms with Crippen LogP contribution in [0.5, 0.6) is 0 Å². The van der Waals surface area contributed by atoms with Crippen LogP contribution in [-0.2, 0) is 9.47 Å². The number of hydrogen-bond donors (Lipinski definition) is 2. The van der Waals surface area contributed by atoms with Crippen LogP contribution in [0, 0.1) is 0 Å². The highest BCUT2D eigenvalue weighted by Crippen LogP contribution is 2.14. The molecule has 118 valence electrons. The van der Waals surface area contributed by atoms with Crippen molar-refractivity contribution in [3.05, 3.63) is 0 Å². The van der Waals surface area contributed by atoms with E-state index < -0.39 is 0 Å². The van der Waals surface area contributed by atoms with Gasteiger partial charge in [0, 0.05) is 26.3 Å². The second-order valence-corrected chi connectivity index (χ2v) is 5.21. The third-order valence-electron chi connectivity index (χ3n) is 3.60. The molecule has 0 aromatic carbocycles. The highest BCUT2D eigenvalue weighted by Gasteiger charge is 2.16. The van der Waals surface area contributed by atoms with Crippen LogP contribution in [0.1, 0.15) is 39.0 Å².